The van der Waals surface area contributed by atoms with Crippen LogP contribution in [0.25, 0.3) is 0 Å². The molecule has 0 saturated heterocycles. The molecule has 78 valence electrons. The van der Waals surface area contributed by atoms with Crippen molar-refractivity contribution >= 4 is 12.9 Å². The zero-order valence-electron chi connectivity index (χ0n) is 7.83. The second-order valence-corrected chi connectivity index (χ2v) is 4.82. The molecule has 0 fully saturated rings. The lowest BCUT2D eigenvalue weighted by Gasteiger charge is -2.13. The highest BCUT2D eigenvalue weighted by molar-refractivity contribution is 7.61. The molecule has 0 spiro atoms. The minimum Gasteiger partial charge on any atom is -0.391 e. The molecule has 0 aromatic heterocycles. The molecule has 0 saturated carbocycles. The van der Waals surface area contributed by atoms with E-state index in [2.05, 4.69) is 0 Å². The summed E-state index contributed by atoms with van der Waals surface area (Å²) in [5.74, 6) is 0. The van der Waals surface area contributed by atoms with Gasteiger partial charge in [0, 0.05) is 0 Å². The maximum Gasteiger partial charge on any atom is 0.358 e. The van der Waals surface area contributed by atoms with Crippen LogP contribution in [-0.4, -0.2) is 22.7 Å². The van der Waals surface area contributed by atoms with E-state index in [9.17, 15) is 9.46 Å². The predicted molar refractivity (Wildman–Crippen MR) is 53.5 cm³/mol. The molecular weight excluding hydrogens is 203 g/mol. The van der Waals surface area contributed by atoms with Crippen molar-refractivity contribution < 1.29 is 19.1 Å². The van der Waals surface area contributed by atoms with E-state index < -0.39 is 13.7 Å². The zero-order chi connectivity index (χ0) is 10.6. The lowest BCUT2D eigenvalue weighted by Crippen LogP contribution is -2.13. The Morgan fingerprint density at radius 1 is 1.43 bits per heavy atom. The number of hydrogen-bond donors (Lipinski definition) is 2. The van der Waals surface area contributed by atoms with Gasteiger partial charge >= 0.3 is 7.60 Å². The minimum absolute atomic E-state index is 0.150. The highest BCUT2D eigenvalue weighted by Gasteiger charge is 2.22. The summed E-state index contributed by atoms with van der Waals surface area (Å²) in [6.07, 6.45) is -0.751. The van der Waals surface area contributed by atoms with Gasteiger partial charge in [-0.3, -0.25) is 4.57 Å². The molecule has 0 radical (unpaired) electrons. The van der Waals surface area contributed by atoms with Gasteiger partial charge in [-0.2, -0.15) is 0 Å². The third kappa shape index (κ3) is 3.24. The Morgan fingerprint density at radius 2 is 2.00 bits per heavy atom. The van der Waals surface area contributed by atoms with Gasteiger partial charge in [-0.15, -0.1) is 0 Å². The Balaban J connectivity index is 2.71. The number of aliphatic hydroxyl groups is 1. The first-order valence-electron chi connectivity index (χ1n) is 4.23. The van der Waals surface area contributed by atoms with E-state index in [0.717, 1.165) is 0 Å². The van der Waals surface area contributed by atoms with Crippen LogP contribution in [0.1, 0.15) is 6.92 Å². The molecule has 0 heterocycles. The van der Waals surface area contributed by atoms with E-state index >= 15 is 0 Å². The van der Waals surface area contributed by atoms with Gasteiger partial charge in [0.15, 0.2) is 0 Å². The van der Waals surface area contributed by atoms with Crippen LogP contribution in [-0.2, 0) is 9.09 Å². The average molecular weight is 216 g/mol. The summed E-state index contributed by atoms with van der Waals surface area (Å²) in [5, 5.41) is 9.14. The summed E-state index contributed by atoms with van der Waals surface area (Å²) in [7, 11) is -3.76. The lowest BCUT2D eigenvalue weighted by atomic mass is 10.4. The Kier molecular flexibility index (Phi) is 3.84. The fourth-order valence-electron chi connectivity index (χ4n) is 0.900. The highest BCUT2D eigenvalue weighted by Crippen LogP contribution is 2.40. The third-order valence-corrected chi connectivity index (χ3v) is 3.02. The van der Waals surface area contributed by atoms with Crippen LogP contribution in [0, 0.1) is 0 Å². The second kappa shape index (κ2) is 4.71. The molecule has 2 N–H and O–H groups in total. The first-order valence-corrected chi connectivity index (χ1v) is 5.81. The lowest BCUT2D eigenvalue weighted by molar-refractivity contribution is 0.116. The summed E-state index contributed by atoms with van der Waals surface area (Å²) in [4.78, 5) is 9.46. The maximum atomic E-state index is 11.5. The van der Waals surface area contributed by atoms with Gasteiger partial charge in [-0.1, -0.05) is 18.2 Å². The van der Waals surface area contributed by atoms with Gasteiger partial charge in [0.1, 0.15) is 0 Å². The van der Waals surface area contributed by atoms with Crippen molar-refractivity contribution in [3.05, 3.63) is 30.3 Å². The van der Waals surface area contributed by atoms with Crippen LogP contribution in [0.3, 0.4) is 0 Å². The summed E-state index contributed by atoms with van der Waals surface area (Å²) in [6.45, 7) is 1.34. The van der Waals surface area contributed by atoms with Crippen LogP contribution in [0.15, 0.2) is 30.3 Å². The van der Waals surface area contributed by atoms with Gasteiger partial charge in [-0.25, -0.2) is 0 Å². The number of benzene rings is 1. The fourth-order valence-corrected chi connectivity index (χ4v) is 2.02. The van der Waals surface area contributed by atoms with Crippen LogP contribution in [0.4, 0.5) is 0 Å². The number of rotatable bonds is 4. The Morgan fingerprint density at radius 3 is 2.50 bits per heavy atom. The second-order valence-electron chi connectivity index (χ2n) is 3.00. The van der Waals surface area contributed by atoms with E-state index in [0.29, 0.717) is 0 Å². The van der Waals surface area contributed by atoms with Crippen molar-refractivity contribution in [3.8, 4) is 0 Å². The van der Waals surface area contributed by atoms with Crippen LogP contribution >= 0.6 is 7.60 Å². The molecule has 2 unspecified atom stereocenters. The molecule has 1 rings (SSSR count). The average Bonchev–Trinajstić information content (AvgIpc) is 2.16. The normalized spacial score (nSPS) is 17.4. The molecule has 0 amide bonds. The van der Waals surface area contributed by atoms with Crippen molar-refractivity contribution in [1.82, 2.24) is 0 Å². The van der Waals surface area contributed by atoms with Crippen molar-refractivity contribution in [3.63, 3.8) is 0 Å². The van der Waals surface area contributed by atoms with Crippen molar-refractivity contribution in [1.29, 1.82) is 0 Å². The zero-order valence-corrected chi connectivity index (χ0v) is 8.72. The minimum atomic E-state index is -3.76. The fraction of sp³-hybridized carbons (Fsp3) is 0.333. The first kappa shape index (κ1) is 11.4. The monoisotopic (exact) mass is 216 g/mol. The molecule has 14 heavy (non-hydrogen) atoms. The quantitative estimate of drug-likeness (QED) is 0.733. The molecule has 0 aliphatic rings. The van der Waals surface area contributed by atoms with E-state index in [-0.39, 0.29) is 11.9 Å². The molecule has 0 bridgehead atoms. The number of aliphatic hydroxyl groups excluding tert-OH is 1. The Labute approximate surface area is 82.7 Å². The Bertz CT molecular complexity index is 323. The summed E-state index contributed by atoms with van der Waals surface area (Å²) < 4.78 is 16.3. The van der Waals surface area contributed by atoms with Gasteiger partial charge in [-0.05, 0) is 19.1 Å². The van der Waals surface area contributed by atoms with Crippen molar-refractivity contribution in [2.45, 2.75) is 13.0 Å². The molecule has 5 heteroatoms. The molecule has 2 atom stereocenters. The van der Waals surface area contributed by atoms with E-state index in [1.807, 2.05) is 0 Å². The highest BCUT2D eigenvalue weighted by atomic mass is 31.2. The molecule has 0 aliphatic heterocycles. The maximum absolute atomic E-state index is 11.5. The molecular formula is C9H13O4P. The first-order chi connectivity index (χ1) is 6.52. The van der Waals surface area contributed by atoms with Crippen molar-refractivity contribution in [2.24, 2.45) is 0 Å². The van der Waals surface area contributed by atoms with Gasteiger partial charge in [0.25, 0.3) is 0 Å². The SMILES string of the molecule is CC(O)COP(=O)(O)c1ccccc1. The Hall–Kier alpha value is -0.670. The summed E-state index contributed by atoms with van der Waals surface area (Å²) in [6, 6.07) is 8.09. The van der Waals surface area contributed by atoms with Crippen LogP contribution in [0.2, 0.25) is 0 Å². The van der Waals surface area contributed by atoms with Gasteiger partial charge in [0.05, 0.1) is 18.0 Å². The van der Waals surface area contributed by atoms with Gasteiger partial charge < -0.3 is 14.5 Å². The summed E-state index contributed by atoms with van der Waals surface area (Å²) in [5.41, 5.74) is 0. The van der Waals surface area contributed by atoms with E-state index in [1.165, 1.54) is 19.1 Å². The molecule has 1 aromatic carbocycles. The number of hydrogen-bond acceptors (Lipinski definition) is 3. The summed E-state index contributed by atoms with van der Waals surface area (Å²) >= 11 is 0. The molecule has 1 aromatic rings. The van der Waals surface area contributed by atoms with Crippen molar-refractivity contribution in [2.75, 3.05) is 6.61 Å². The smallest absolute Gasteiger partial charge is 0.358 e. The van der Waals surface area contributed by atoms with E-state index in [4.69, 9.17) is 9.63 Å². The van der Waals surface area contributed by atoms with Gasteiger partial charge in [0.2, 0.25) is 0 Å². The third-order valence-electron chi connectivity index (χ3n) is 1.57. The van der Waals surface area contributed by atoms with Crippen LogP contribution < -0.4 is 5.30 Å². The predicted octanol–water partition coefficient (Wildman–Crippen LogP) is 0.895. The van der Waals surface area contributed by atoms with E-state index in [1.54, 1.807) is 18.2 Å². The largest absolute Gasteiger partial charge is 0.391 e. The molecule has 0 aliphatic carbocycles. The topological polar surface area (TPSA) is 66.8 Å². The standard InChI is InChI=1S/C9H13O4P/c1-8(10)7-13-14(11,12)9-5-3-2-4-6-9/h2-6,8,10H,7H2,1H3,(H,11,12). The molecule has 4 nitrogen and oxygen atoms in total. The van der Waals surface area contributed by atoms with Crippen LogP contribution in [0.5, 0.6) is 0 Å².